The molecule has 0 radical (unpaired) electrons. The third kappa shape index (κ3) is 2.71. The first-order valence-corrected chi connectivity index (χ1v) is 5.56. The van der Waals surface area contributed by atoms with E-state index in [-0.39, 0.29) is 5.92 Å². The molecule has 2 aromatic heterocycles. The predicted molar refractivity (Wildman–Crippen MR) is 61.0 cm³/mol. The van der Waals surface area contributed by atoms with Crippen molar-refractivity contribution in [1.82, 2.24) is 19.9 Å². The molecule has 0 spiro atoms. The van der Waals surface area contributed by atoms with Crippen LogP contribution in [0.1, 0.15) is 19.7 Å². The standard InChI is InChI=1S/C11H16N4O2/c1-7(2)9(16)4-10-13-11(14-17-10)8-5-12-15(3)6-8/h5-7,9,16H,4H2,1-3H3. The summed E-state index contributed by atoms with van der Waals surface area (Å²) >= 11 is 0. The average Bonchev–Trinajstić information content (AvgIpc) is 2.86. The van der Waals surface area contributed by atoms with Crippen LogP contribution in [0, 0.1) is 5.92 Å². The van der Waals surface area contributed by atoms with Crippen LogP contribution in [0.3, 0.4) is 0 Å². The first-order valence-electron chi connectivity index (χ1n) is 5.56. The van der Waals surface area contributed by atoms with Crippen molar-refractivity contribution in [2.45, 2.75) is 26.4 Å². The fourth-order valence-corrected chi connectivity index (χ4v) is 1.41. The molecule has 1 N–H and O–H groups in total. The lowest BCUT2D eigenvalue weighted by Crippen LogP contribution is -2.17. The summed E-state index contributed by atoms with van der Waals surface area (Å²) in [6.45, 7) is 3.89. The highest BCUT2D eigenvalue weighted by Gasteiger charge is 2.16. The molecule has 92 valence electrons. The monoisotopic (exact) mass is 236 g/mol. The molecule has 2 heterocycles. The minimum absolute atomic E-state index is 0.170. The van der Waals surface area contributed by atoms with Gasteiger partial charge in [-0.25, -0.2) is 0 Å². The van der Waals surface area contributed by atoms with Crippen molar-refractivity contribution in [2.24, 2.45) is 13.0 Å². The maximum absolute atomic E-state index is 9.72. The van der Waals surface area contributed by atoms with Gasteiger partial charge in [0.15, 0.2) is 0 Å². The quantitative estimate of drug-likeness (QED) is 0.857. The van der Waals surface area contributed by atoms with E-state index < -0.39 is 6.10 Å². The fraction of sp³-hybridized carbons (Fsp3) is 0.545. The molecule has 6 heteroatoms. The van der Waals surface area contributed by atoms with Crippen LogP contribution in [0.4, 0.5) is 0 Å². The van der Waals surface area contributed by atoms with Crippen molar-refractivity contribution >= 4 is 0 Å². The Balaban J connectivity index is 2.11. The molecule has 0 aliphatic carbocycles. The summed E-state index contributed by atoms with van der Waals surface area (Å²) in [4.78, 5) is 4.23. The molecule has 6 nitrogen and oxygen atoms in total. The summed E-state index contributed by atoms with van der Waals surface area (Å²) < 4.78 is 6.77. The van der Waals surface area contributed by atoms with Gasteiger partial charge in [-0.1, -0.05) is 19.0 Å². The Morgan fingerprint density at radius 2 is 2.24 bits per heavy atom. The molecule has 0 fully saturated rings. The molecule has 0 bridgehead atoms. The van der Waals surface area contributed by atoms with Gasteiger partial charge in [-0.3, -0.25) is 4.68 Å². The molecule has 2 aromatic rings. The zero-order valence-corrected chi connectivity index (χ0v) is 10.2. The van der Waals surface area contributed by atoms with Crippen molar-refractivity contribution in [2.75, 3.05) is 0 Å². The Kier molecular flexibility index (Phi) is 3.23. The van der Waals surface area contributed by atoms with Gasteiger partial charge in [-0.05, 0) is 5.92 Å². The van der Waals surface area contributed by atoms with Crippen molar-refractivity contribution in [3.8, 4) is 11.4 Å². The van der Waals surface area contributed by atoms with Crippen LogP contribution >= 0.6 is 0 Å². The number of aryl methyl sites for hydroxylation is 1. The maximum Gasteiger partial charge on any atom is 0.229 e. The molecule has 0 aromatic carbocycles. The number of hydrogen-bond acceptors (Lipinski definition) is 5. The molecule has 0 aliphatic heterocycles. The van der Waals surface area contributed by atoms with Crippen molar-refractivity contribution < 1.29 is 9.63 Å². The van der Waals surface area contributed by atoms with E-state index in [1.165, 1.54) is 0 Å². The molecule has 0 aliphatic rings. The van der Waals surface area contributed by atoms with Crippen molar-refractivity contribution in [1.29, 1.82) is 0 Å². The lowest BCUT2D eigenvalue weighted by atomic mass is 10.0. The number of nitrogens with zero attached hydrogens (tertiary/aromatic N) is 4. The highest BCUT2D eigenvalue weighted by Crippen LogP contribution is 2.16. The van der Waals surface area contributed by atoms with Crippen LogP contribution in [0.2, 0.25) is 0 Å². The number of aromatic nitrogens is 4. The first kappa shape index (κ1) is 11.8. The third-order valence-corrected chi connectivity index (χ3v) is 2.58. The summed E-state index contributed by atoms with van der Waals surface area (Å²) in [6, 6.07) is 0. The van der Waals surface area contributed by atoms with Crippen LogP contribution in [-0.2, 0) is 13.5 Å². The predicted octanol–water partition coefficient (Wildman–Crippen LogP) is 1.03. The second kappa shape index (κ2) is 4.67. The summed E-state index contributed by atoms with van der Waals surface area (Å²) in [5.74, 6) is 1.12. The topological polar surface area (TPSA) is 77.0 Å². The van der Waals surface area contributed by atoms with Gasteiger partial charge in [0, 0.05) is 13.2 Å². The van der Waals surface area contributed by atoms with Crippen LogP contribution in [0.5, 0.6) is 0 Å². The number of rotatable bonds is 4. The summed E-state index contributed by atoms with van der Waals surface area (Å²) in [7, 11) is 1.83. The second-order valence-electron chi connectivity index (χ2n) is 4.43. The lowest BCUT2D eigenvalue weighted by Gasteiger charge is -2.10. The van der Waals surface area contributed by atoms with Gasteiger partial charge in [-0.15, -0.1) is 0 Å². The molecule has 17 heavy (non-hydrogen) atoms. The molecule has 0 saturated carbocycles. The Bertz CT molecular complexity index is 489. The Morgan fingerprint density at radius 3 is 2.82 bits per heavy atom. The molecule has 2 rings (SSSR count). The zero-order chi connectivity index (χ0) is 12.4. The summed E-state index contributed by atoms with van der Waals surface area (Å²) in [5.41, 5.74) is 0.807. The molecule has 0 saturated heterocycles. The summed E-state index contributed by atoms with van der Waals surface area (Å²) in [6.07, 6.45) is 3.41. The van der Waals surface area contributed by atoms with E-state index >= 15 is 0 Å². The van der Waals surface area contributed by atoms with Crippen molar-refractivity contribution in [3.63, 3.8) is 0 Å². The molecule has 1 unspecified atom stereocenters. The van der Waals surface area contributed by atoms with Crippen LogP contribution in [-0.4, -0.2) is 31.1 Å². The van der Waals surface area contributed by atoms with E-state index in [1.54, 1.807) is 10.9 Å². The highest BCUT2D eigenvalue weighted by molar-refractivity contribution is 5.50. The number of hydrogen-bond donors (Lipinski definition) is 1. The first-order chi connectivity index (χ1) is 8.06. The Hall–Kier alpha value is -1.69. The fourth-order valence-electron chi connectivity index (χ4n) is 1.41. The van der Waals surface area contributed by atoms with Crippen LogP contribution in [0.25, 0.3) is 11.4 Å². The van der Waals surface area contributed by atoms with Gasteiger partial charge in [0.25, 0.3) is 0 Å². The van der Waals surface area contributed by atoms with E-state index in [0.29, 0.717) is 18.1 Å². The Morgan fingerprint density at radius 1 is 1.47 bits per heavy atom. The Labute approximate surface area is 99.3 Å². The van der Waals surface area contributed by atoms with Gasteiger partial charge in [0.1, 0.15) is 0 Å². The van der Waals surface area contributed by atoms with Gasteiger partial charge >= 0.3 is 0 Å². The highest BCUT2D eigenvalue weighted by atomic mass is 16.5. The molecular formula is C11H16N4O2. The van der Waals surface area contributed by atoms with Crippen LogP contribution < -0.4 is 0 Å². The summed E-state index contributed by atoms with van der Waals surface area (Å²) in [5, 5.41) is 17.6. The molecular weight excluding hydrogens is 220 g/mol. The zero-order valence-electron chi connectivity index (χ0n) is 10.2. The van der Waals surface area contributed by atoms with E-state index in [9.17, 15) is 5.11 Å². The minimum Gasteiger partial charge on any atom is -0.392 e. The lowest BCUT2D eigenvalue weighted by molar-refractivity contribution is 0.116. The largest absolute Gasteiger partial charge is 0.392 e. The van der Waals surface area contributed by atoms with E-state index in [4.69, 9.17) is 4.52 Å². The SMILES string of the molecule is CC(C)C(O)Cc1nc(-c2cnn(C)c2)no1. The van der Waals surface area contributed by atoms with Gasteiger partial charge in [0.2, 0.25) is 11.7 Å². The van der Waals surface area contributed by atoms with E-state index in [0.717, 1.165) is 5.56 Å². The van der Waals surface area contributed by atoms with Gasteiger partial charge in [-0.2, -0.15) is 10.1 Å². The normalized spacial score (nSPS) is 13.2. The van der Waals surface area contributed by atoms with Gasteiger partial charge in [0.05, 0.1) is 24.3 Å². The maximum atomic E-state index is 9.72. The number of aliphatic hydroxyl groups excluding tert-OH is 1. The van der Waals surface area contributed by atoms with Crippen molar-refractivity contribution in [3.05, 3.63) is 18.3 Å². The molecule has 1 atom stereocenters. The van der Waals surface area contributed by atoms with E-state index in [1.807, 2.05) is 27.1 Å². The number of aliphatic hydroxyl groups is 1. The molecule has 0 amide bonds. The minimum atomic E-state index is -0.461. The smallest absolute Gasteiger partial charge is 0.229 e. The van der Waals surface area contributed by atoms with Gasteiger partial charge < -0.3 is 9.63 Å². The second-order valence-corrected chi connectivity index (χ2v) is 4.43. The van der Waals surface area contributed by atoms with E-state index in [2.05, 4.69) is 15.2 Å². The average molecular weight is 236 g/mol. The third-order valence-electron chi connectivity index (χ3n) is 2.58. The van der Waals surface area contributed by atoms with Crippen LogP contribution in [0.15, 0.2) is 16.9 Å².